The van der Waals surface area contributed by atoms with Crippen LogP contribution in [0.2, 0.25) is 0 Å². The second-order valence-electron chi connectivity index (χ2n) is 6.47. The number of aromatic nitrogens is 4. The van der Waals surface area contributed by atoms with Crippen molar-refractivity contribution in [3.63, 3.8) is 0 Å². The Labute approximate surface area is 156 Å². The Morgan fingerprint density at radius 3 is 2.35 bits per heavy atom. The average molecular weight is 369 g/mol. The number of likely N-dealkylation sites (tertiary alicyclic amines) is 1. The Kier molecular flexibility index (Phi) is 4.90. The van der Waals surface area contributed by atoms with Crippen molar-refractivity contribution < 1.29 is 4.39 Å². The molecule has 1 aromatic carbocycles. The number of halogens is 1. The van der Waals surface area contributed by atoms with Gasteiger partial charge in [-0.05, 0) is 74.5 Å². The zero-order valence-electron chi connectivity index (χ0n) is 14.4. The van der Waals surface area contributed by atoms with Crippen molar-refractivity contribution in [3.8, 4) is 17.1 Å². The third-order valence-electron chi connectivity index (χ3n) is 4.65. The molecule has 0 atom stereocenters. The summed E-state index contributed by atoms with van der Waals surface area (Å²) in [5.74, 6) is 0.465. The molecule has 7 heteroatoms. The molecule has 1 saturated heterocycles. The molecule has 1 aliphatic rings. The van der Waals surface area contributed by atoms with Gasteiger partial charge in [0.05, 0.1) is 12.4 Å². The molecular weight excluding hydrogens is 349 g/mol. The summed E-state index contributed by atoms with van der Waals surface area (Å²) in [6.45, 7) is 2.80. The Hall–Kier alpha value is -2.38. The average Bonchev–Trinajstić information content (AvgIpc) is 3.00. The van der Waals surface area contributed by atoms with Gasteiger partial charge in [-0.1, -0.05) is 6.42 Å². The lowest BCUT2D eigenvalue weighted by molar-refractivity contribution is 0.172. The minimum absolute atomic E-state index is 0.272. The summed E-state index contributed by atoms with van der Waals surface area (Å²) in [5, 5.41) is 4.79. The molecule has 1 aliphatic heterocycles. The molecule has 134 valence electrons. The van der Waals surface area contributed by atoms with Crippen LogP contribution in [-0.4, -0.2) is 37.3 Å². The summed E-state index contributed by atoms with van der Waals surface area (Å²) in [5.41, 5.74) is 1.72. The maximum absolute atomic E-state index is 13.4. The molecule has 2 aromatic heterocycles. The van der Waals surface area contributed by atoms with E-state index in [1.54, 1.807) is 24.5 Å². The second kappa shape index (κ2) is 7.47. The molecule has 0 bridgehead atoms. The van der Waals surface area contributed by atoms with Crippen LogP contribution < -0.4 is 0 Å². The summed E-state index contributed by atoms with van der Waals surface area (Å²) in [7, 11) is 0. The predicted molar refractivity (Wildman–Crippen MR) is 101 cm³/mol. The monoisotopic (exact) mass is 369 g/mol. The first-order valence-electron chi connectivity index (χ1n) is 8.81. The highest BCUT2D eigenvalue weighted by atomic mass is 32.1. The summed E-state index contributed by atoms with van der Waals surface area (Å²) in [6.07, 6.45) is 7.18. The standard InChI is InChI=1S/C19H20FN5S/c20-16-4-6-17(7-5-16)25-18(15-8-10-21-11-9-15)22-24(19(25)26)14-23-12-2-1-3-13-23/h4-11H,1-3,12-14H2. The lowest BCUT2D eigenvalue weighted by Crippen LogP contribution is -2.32. The maximum Gasteiger partial charge on any atom is 0.204 e. The lowest BCUT2D eigenvalue weighted by atomic mass is 10.1. The number of rotatable bonds is 4. The van der Waals surface area contributed by atoms with E-state index in [0.29, 0.717) is 11.4 Å². The van der Waals surface area contributed by atoms with Crippen molar-refractivity contribution in [2.24, 2.45) is 0 Å². The number of piperidine rings is 1. The lowest BCUT2D eigenvalue weighted by Gasteiger charge is -2.25. The van der Waals surface area contributed by atoms with E-state index in [9.17, 15) is 4.39 Å². The van der Waals surface area contributed by atoms with E-state index in [1.165, 1.54) is 31.4 Å². The Bertz CT molecular complexity index is 927. The molecule has 0 N–H and O–H groups in total. The first kappa shape index (κ1) is 17.1. The Balaban J connectivity index is 1.79. The summed E-state index contributed by atoms with van der Waals surface area (Å²) >= 11 is 5.72. The van der Waals surface area contributed by atoms with Crippen LogP contribution in [0.25, 0.3) is 17.1 Å². The molecule has 0 aliphatic carbocycles. The predicted octanol–water partition coefficient (Wildman–Crippen LogP) is 4.05. The van der Waals surface area contributed by atoms with Crippen LogP contribution in [0.3, 0.4) is 0 Å². The van der Waals surface area contributed by atoms with Crippen molar-refractivity contribution in [1.29, 1.82) is 0 Å². The topological polar surface area (TPSA) is 38.9 Å². The highest BCUT2D eigenvalue weighted by molar-refractivity contribution is 7.71. The quantitative estimate of drug-likeness (QED) is 0.651. The van der Waals surface area contributed by atoms with Gasteiger partial charge in [-0.15, -0.1) is 5.10 Å². The van der Waals surface area contributed by atoms with Crippen LogP contribution in [0, 0.1) is 10.6 Å². The molecule has 0 radical (unpaired) electrons. The molecule has 0 spiro atoms. The largest absolute Gasteiger partial charge is 0.284 e. The van der Waals surface area contributed by atoms with E-state index in [4.69, 9.17) is 17.3 Å². The fourth-order valence-electron chi connectivity index (χ4n) is 3.30. The number of nitrogens with zero attached hydrogens (tertiary/aromatic N) is 5. The normalized spacial score (nSPS) is 15.3. The first-order chi connectivity index (χ1) is 12.7. The van der Waals surface area contributed by atoms with E-state index in [1.807, 2.05) is 21.4 Å². The maximum atomic E-state index is 13.4. The molecule has 0 saturated carbocycles. The van der Waals surface area contributed by atoms with Gasteiger partial charge in [-0.2, -0.15) is 0 Å². The fraction of sp³-hybridized carbons (Fsp3) is 0.316. The van der Waals surface area contributed by atoms with Gasteiger partial charge in [0.15, 0.2) is 5.82 Å². The molecular formula is C19H20FN5S. The summed E-state index contributed by atoms with van der Waals surface area (Å²) in [6, 6.07) is 10.1. The highest BCUT2D eigenvalue weighted by Crippen LogP contribution is 2.23. The van der Waals surface area contributed by atoms with Gasteiger partial charge in [-0.25, -0.2) is 9.07 Å². The van der Waals surface area contributed by atoms with Crippen molar-refractivity contribution in [2.75, 3.05) is 13.1 Å². The van der Waals surface area contributed by atoms with E-state index in [2.05, 4.69) is 9.88 Å². The minimum atomic E-state index is -0.272. The molecule has 0 unspecified atom stereocenters. The van der Waals surface area contributed by atoms with E-state index in [-0.39, 0.29) is 5.82 Å². The van der Waals surface area contributed by atoms with E-state index >= 15 is 0 Å². The van der Waals surface area contributed by atoms with Crippen LogP contribution >= 0.6 is 12.2 Å². The van der Waals surface area contributed by atoms with Crippen molar-refractivity contribution >= 4 is 12.2 Å². The zero-order chi connectivity index (χ0) is 17.9. The zero-order valence-corrected chi connectivity index (χ0v) is 15.2. The molecule has 5 nitrogen and oxygen atoms in total. The Morgan fingerprint density at radius 2 is 1.65 bits per heavy atom. The number of hydrogen-bond acceptors (Lipinski definition) is 4. The van der Waals surface area contributed by atoms with Gasteiger partial charge < -0.3 is 0 Å². The molecule has 3 heterocycles. The Morgan fingerprint density at radius 1 is 0.962 bits per heavy atom. The van der Waals surface area contributed by atoms with Crippen LogP contribution in [0.1, 0.15) is 19.3 Å². The van der Waals surface area contributed by atoms with Crippen molar-refractivity contribution in [1.82, 2.24) is 24.2 Å². The number of pyridine rings is 1. The highest BCUT2D eigenvalue weighted by Gasteiger charge is 2.17. The molecule has 3 aromatic rings. The molecule has 4 rings (SSSR count). The van der Waals surface area contributed by atoms with Crippen LogP contribution in [-0.2, 0) is 6.67 Å². The van der Waals surface area contributed by atoms with Gasteiger partial charge in [0.25, 0.3) is 0 Å². The first-order valence-corrected chi connectivity index (χ1v) is 9.22. The van der Waals surface area contributed by atoms with E-state index < -0.39 is 0 Å². The smallest absolute Gasteiger partial charge is 0.204 e. The van der Waals surface area contributed by atoms with Crippen LogP contribution in [0.15, 0.2) is 48.8 Å². The summed E-state index contributed by atoms with van der Waals surface area (Å²) in [4.78, 5) is 6.45. The van der Waals surface area contributed by atoms with Gasteiger partial charge in [0.2, 0.25) is 4.77 Å². The molecule has 26 heavy (non-hydrogen) atoms. The molecule has 1 fully saturated rings. The van der Waals surface area contributed by atoms with Gasteiger partial charge in [0.1, 0.15) is 5.82 Å². The third kappa shape index (κ3) is 3.45. The van der Waals surface area contributed by atoms with Crippen molar-refractivity contribution in [2.45, 2.75) is 25.9 Å². The SMILES string of the molecule is Fc1ccc(-n2c(-c3ccncc3)nn(CN3CCCCC3)c2=S)cc1. The van der Waals surface area contributed by atoms with Gasteiger partial charge in [-0.3, -0.25) is 14.5 Å². The fourth-order valence-corrected chi connectivity index (χ4v) is 3.59. The van der Waals surface area contributed by atoms with Gasteiger partial charge in [0, 0.05) is 18.0 Å². The number of benzene rings is 1. The minimum Gasteiger partial charge on any atom is -0.284 e. The van der Waals surface area contributed by atoms with E-state index in [0.717, 1.165) is 30.2 Å². The summed E-state index contributed by atoms with van der Waals surface area (Å²) < 4.78 is 17.7. The van der Waals surface area contributed by atoms with Crippen LogP contribution in [0.4, 0.5) is 4.39 Å². The third-order valence-corrected chi connectivity index (χ3v) is 5.04. The number of hydrogen-bond donors (Lipinski definition) is 0. The van der Waals surface area contributed by atoms with Gasteiger partial charge >= 0.3 is 0 Å². The molecule has 0 amide bonds. The van der Waals surface area contributed by atoms with Crippen molar-refractivity contribution in [3.05, 3.63) is 59.4 Å². The van der Waals surface area contributed by atoms with Crippen LogP contribution in [0.5, 0.6) is 0 Å². The second-order valence-corrected chi connectivity index (χ2v) is 6.84.